The van der Waals surface area contributed by atoms with E-state index in [1.807, 2.05) is 0 Å². The van der Waals surface area contributed by atoms with Crippen molar-refractivity contribution in [1.29, 1.82) is 0 Å². The minimum atomic E-state index is -0.731. The molecule has 34 heavy (non-hydrogen) atoms. The van der Waals surface area contributed by atoms with Crippen molar-refractivity contribution in [2.24, 2.45) is 0 Å². The minimum absolute atomic E-state index is 0.110. The smallest absolute Gasteiger partial charge is 0.303 e. The van der Waals surface area contributed by atoms with Crippen molar-refractivity contribution in [3.05, 3.63) is 0 Å². The second-order valence-corrected chi connectivity index (χ2v) is 9.14. The number of aliphatic carboxylic acids is 2. The van der Waals surface area contributed by atoms with E-state index in [1.165, 1.54) is 0 Å². The van der Waals surface area contributed by atoms with Crippen LogP contribution in [0.1, 0.15) is 128 Å². The van der Waals surface area contributed by atoms with Gasteiger partial charge in [0.2, 0.25) is 11.8 Å². The molecule has 8 heteroatoms. The van der Waals surface area contributed by atoms with Crippen molar-refractivity contribution in [2.75, 3.05) is 13.1 Å². The maximum absolute atomic E-state index is 11.8. The zero-order valence-electron chi connectivity index (χ0n) is 21.1. The summed E-state index contributed by atoms with van der Waals surface area (Å²) in [5.74, 6) is -1.24. The summed E-state index contributed by atoms with van der Waals surface area (Å²) in [6.45, 7) is 1.41. The zero-order chi connectivity index (χ0) is 25.3. The Balaban J connectivity index is 3.29. The molecule has 0 rings (SSSR count). The van der Waals surface area contributed by atoms with E-state index in [9.17, 15) is 19.2 Å². The molecule has 0 radical (unpaired) electrons. The van der Waals surface area contributed by atoms with Gasteiger partial charge in [0.25, 0.3) is 0 Å². The summed E-state index contributed by atoms with van der Waals surface area (Å²) in [5.41, 5.74) is 0. The number of nitrogens with one attached hydrogen (secondary N) is 2. The number of amides is 2. The number of carbonyl (C=O) groups excluding carboxylic acids is 2. The maximum atomic E-state index is 11.8. The average Bonchev–Trinajstić information content (AvgIpc) is 2.78. The first-order chi connectivity index (χ1) is 16.4. The Bertz CT molecular complexity index is 505. The van der Waals surface area contributed by atoms with Crippen molar-refractivity contribution in [2.45, 2.75) is 128 Å². The Morgan fingerprint density at radius 3 is 0.971 bits per heavy atom. The Labute approximate surface area is 205 Å². The highest BCUT2D eigenvalue weighted by Crippen LogP contribution is 2.10. The molecule has 0 saturated heterocycles. The van der Waals surface area contributed by atoms with Crippen LogP contribution in [0.3, 0.4) is 0 Å². The highest BCUT2D eigenvalue weighted by molar-refractivity contribution is 5.76. The highest BCUT2D eigenvalue weighted by Gasteiger charge is 2.03. The molecule has 0 heterocycles. The molecular weight excluding hydrogens is 436 g/mol. The predicted molar refractivity (Wildman–Crippen MR) is 134 cm³/mol. The van der Waals surface area contributed by atoms with Crippen LogP contribution in [0.4, 0.5) is 0 Å². The number of carbonyl (C=O) groups is 4. The quantitative estimate of drug-likeness (QED) is 0.132. The fourth-order valence-electron chi connectivity index (χ4n) is 3.77. The van der Waals surface area contributed by atoms with Crippen molar-refractivity contribution in [3.8, 4) is 0 Å². The molecule has 4 N–H and O–H groups in total. The standard InChI is InChI=1S/C26H48N2O6/c29-23(17-11-5-1-3-7-13-19-25(31)32)27-21-15-9-10-16-22-28-24(30)18-12-6-2-4-8-14-20-26(33)34/h1-22H2,(H,27,29)(H,28,30)(H,31,32)(H,33,34). The van der Waals surface area contributed by atoms with Gasteiger partial charge in [-0.05, 0) is 38.5 Å². The predicted octanol–water partition coefficient (Wildman–Crippen LogP) is 5.19. The molecule has 0 aromatic rings. The third-order valence-corrected chi connectivity index (χ3v) is 5.84. The second-order valence-electron chi connectivity index (χ2n) is 9.14. The lowest BCUT2D eigenvalue weighted by atomic mass is 10.1. The number of carboxylic acid groups (broad SMARTS) is 2. The Morgan fingerprint density at radius 1 is 0.382 bits per heavy atom. The number of hydrogen-bond donors (Lipinski definition) is 4. The SMILES string of the molecule is O=C(O)CCCCCCCCC(=O)NCCCCCCNC(=O)CCCCCCCCC(=O)O. The van der Waals surface area contributed by atoms with Gasteiger partial charge < -0.3 is 20.8 Å². The molecule has 0 aromatic heterocycles. The van der Waals surface area contributed by atoms with Crippen LogP contribution in [0.2, 0.25) is 0 Å². The molecule has 0 unspecified atom stereocenters. The minimum Gasteiger partial charge on any atom is -0.481 e. The fourth-order valence-corrected chi connectivity index (χ4v) is 3.77. The molecule has 0 aliphatic rings. The molecule has 0 saturated carbocycles. The first kappa shape index (κ1) is 31.9. The van der Waals surface area contributed by atoms with Gasteiger partial charge in [0.15, 0.2) is 0 Å². The lowest BCUT2D eigenvalue weighted by Gasteiger charge is -2.07. The fraction of sp³-hybridized carbons (Fsp3) is 0.846. The van der Waals surface area contributed by atoms with E-state index >= 15 is 0 Å². The lowest BCUT2D eigenvalue weighted by Crippen LogP contribution is -2.24. The van der Waals surface area contributed by atoms with Gasteiger partial charge in [0, 0.05) is 38.8 Å². The largest absolute Gasteiger partial charge is 0.481 e. The van der Waals surface area contributed by atoms with Crippen molar-refractivity contribution in [3.63, 3.8) is 0 Å². The third-order valence-electron chi connectivity index (χ3n) is 5.84. The second kappa shape index (κ2) is 24.0. The molecule has 0 atom stereocenters. The van der Waals surface area contributed by atoms with Crippen LogP contribution < -0.4 is 10.6 Å². The molecule has 0 spiro atoms. The summed E-state index contributed by atoms with van der Waals surface area (Å²) in [6.07, 6.45) is 16.9. The molecular formula is C26H48N2O6. The van der Waals surface area contributed by atoms with Gasteiger partial charge in [-0.3, -0.25) is 19.2 Å². The molecule has 0 fully saturated rings. The topological polar surface area (TPSA) is 133 Å². The van der Waals surface area contributed by atoms with Gasteiger partial charge in [-0.1, -0.05) is 64.2 Å². The molecule has 2 amide bonds. The molecule has 0 bridgehead atoms. The number of hydrogen-bond acceptors (Lipinski definition) is 4. The summed E-state index contributed by atoms with van der Waals surface area (Å²) in [7, 11) is 0. The van der Waals surface area contributed by atoms with Crippen molar-refractivity contribution < 1.29 is 29.4 Å². The van der Waals surface area contributed by atoms with Crippen LogP contribution in [0.15, 0.2) is 0 Å². The Kier molecular flexibility index (Phi) is 22.5. The third kappa shape index (κ3) is 26.1. The summed E-state index contributed by atoms with van der Waals surface area (Å²) in [5, 5.41) is 23.1. The van der Waals surface area contributed by atoms with Crippen LogP contribution in [-0.4, -0.2) is 47.1 Å². The van der Waals surface area contributed by atoms with Crippen LogP contribution in [-0.2, 0) is 19.2 Å². The van der Waals surface area contributed by atoms with E-state index in [-0.39, 0.29) is 24.7 Å². The number of rotatable bonds is 25. The van der Waals surface area contributed by atoms with Crippen LogP contribution >= 0.6 is 0 Å². The summed E-state index contributed by atoms with van der Waals surface area (Å²) < 4.78 is 0. The van der Waals surface area contributed by atoms with Crippen molar-refractivity contribution in [1.82, 2.24) is 10.6 Å². The Morgan fingerprint density at radius 2 is 0.647 bits per heavy atom. The monoisotopic (exact) mass is 484 g/mol. The van der Waals surface area contributed by atoms with E-state index in [0.29, 0.717) is 25.9 Å². The van der Waals surface area contributed by atoms with Crippen LogP contribution in [0.25, 0.3) is 0 Å². The van der Waals surface area contributed by atoms with Gasteiger partial charge >= 0.3 is 11.9 Å². The van der Waals surface area contributed by atoms with Crippen LogP contribution in [0, 0.1) is 0 Å². The molecule has 0 aliphatic carbocycles. The van der Waals surface area contributed by atoms with Crippen molar-refractivity contribution >= 4 is 23.8 Å². The van der Waals surface area contributed by atoms with Gasteiger partial charge in [-0.15, -0.1) is 0 Å². The number of carboxylic acids is 2. The molecule has 0 aliphatic heterocycles. The van der Waals surface area contributed by atoms with Gasteiger partial charge in [-0.2, -0.15) is 0 Å². The van der Waals surface area contributed by atoms with Gasteiger partial charge in [0.05, 0.1) is 0 Å². The van der Waals surface area contributed by atoms with Gasteiger partial charge in [0.1, 0.15) is 0 Å². The summed E-state index contributed by atoms with van der Waals surface area (Å²) in [6, 6.07) is 0. The first-order valence-corrected chi connectivity index (χ1v) is 13.4. The van der Waals surface area contributed by atoms with Crippen LogP contribution in [0.5, 0.6) is 0 Å². The lowest BCUT2D eigenvalue weighted by molar-refractivity contribution is -0.138. The maximum Gasteiger partial charge on any atom is 0.303 e. The van der Waals surface area contributed by atoms with E-state index in [0.717, 1.165) is 103 Å². The molecule has 8 nitrogen and oxygen atoms in total. The molecule has 0 aromatic carbocycles. The zero-order valence-corrected chi connectivity index (χ0v) is 21.1. The normalized spacial score (nSPS) is 10.7. The molecule has 198 valence electrons. The highest BCUT2D eigenvalue weighted by atomic mass is 16.4. The summed E-state index contributed by atoms with van der Waals surface area (Å²) >= 11 is 0. The first-order valence-electron chi connectivity index (χ1n) is 13.4. The van der Waals surface area contributed by atoms with E-state index in [2.05, 4.69) is 10.6 Å². The van der Waals surface area contributed by atoms with E-state index in [1.54, 1.807) is 0 Å². The van der Waals surface area contributed by atoms with Gasteiger partial charge in [-0.25, -0.2) is 0 Å². The number of unbranched alkanes of at least 4 members (excludes halogenated alkanes) is 13. The van der Waals surface area contributed by atoms with E-state index in [4.69, 9.17) is 10.2 Å². The summed E-state index contributed by atoms with van der Waals surface area (Å²) in [4.78, 5) is 44.5. The average molecular weight is 485 g/mol. The Hall–Kier alpha value is -2.12. The van der Waals surface area contributed by atoms with E-state index < -0.39 is 11.9 Å².